The van der Waals surface area contributed by atoms with Crippen LogP contribution in [0, 0.1) is 0 Å². The number of aromatic nitrogens is 1. The molecule has 1 aromatic carbocycles. The van der Waals surface area contributed by atoms with Crippen molar-refractivity contribution < 1.29 is 9.59 Å². The smallest absolute Gasteiger partial charge is 0.265 e. The minimum Gasteiger partial charge on any atom is -0.350 e. The third kappa shape index (κ3) is 2.63. The Balaban J connectivity index is 2.09. The molecule has 1 N–H and O–H groups in total. The lowest BCUT2D eigenvalue weighted by atomic mass is 10.1. The Hall–Kier alpha value is -2.47. The van der Waals surface area contributed by atoms with E-state index in [1.54, 1.807) is 6.08 Å². The molecule has 0 spiro atoms. The van der Waals surface area contributed by atoms with Gasteiger partial charge >= 0.3 is 0 Å². The van der Waals surface area contributed by atoms with Gasteiger partial charge in [-0.15, -0.1) is 0 Å². The zero-order chi connectivity index (χ0) is 17.4. The van der Waals surface area contributed by atoms with Gasteiger partial charge < -0.3 is 4.57 Å². The first-order valence-electron chi connectivity index (χ1n) is 7.88. The second-order valence-electron chi connectivity index (χ2n) is 5.96. The van der Waals surface area contributed by atoms with Crippen molar-refractivity contribution in [2.75, 3.05) is 0 Å². The summed E-state index contributed by atoms with van der Waals surface area (Å²) in [5, 5.41) is 3.79. The van der Waals surface area contributed by atoms with Crippen molar-refractivity contribution in [2.45, 2.75) is 26.3 Å². The summed E-state index contributed by atoms with van der Waals surface area (Å²) in [6, 6.07) is 7.81. The monoisotopic (exact) mass is 341 g/mol. The molecule has 2 aromatic rings. The van der Waals surface area contributed by atoms with Gasteiger partial charge in [0.2, 0.25) is 0 Å². The van der Waals surface area contributed by atoms with Crippen LogP contribution in [0.25, 0.3) is 17.0 Å². The highest BCUT2D eigenvalue weighted by Crippen LogP contribution is 2.24. The Morgan fingerprint density at radius 2 is 2.00 bits per heavy atom. The average molecular weight is 341 g/mol. The van der Waals surface area contributed by atoms with E-state index in [0.29, 0.717) is 0 Å². The molecule has 2 heterocycles. The Morgan fingerprint density at radius 1 is 1.29 bits per heavy atom. The lowest BCUT2D eigenvalue weighted by molar-refractivity contribution is -0.130. The Bertz CT molecular complexity index is 882. The molecule has 3 rings (SSSR count). The van der Waals surface area contributed by atoms with Gasteiger partial charge in [-0.05, 0) is 37.7 Å². The van der Waals surface area contributed by atoms with E-state index in [1.807, 2.05) is 55.9 Å². The molecule has 0 unspecified atom stereocenters. The van der Waals surface area contributed by atoms with Crippen LogP contribution in [0.4, 0.5) is 0 Å². The first-order valence-corrected chi connectivity index (χ1v) is 8.29. The number of hydrogen-bond donors (Lipinski definition) is 1. The van der Waals surface area contributed by atoms with Crippen LogP contribution in [0.5, 0.6) is 0 Å². The molecule has 0 radical (unpaired) electrons. The number of aryl methyl sites for hydroxylation is 1. The van der Waals surface area contributed by atoms with Gasteiger partial charge in [0.1, 0.15) is 5.57 Å². The summed E-state index contributed by atoms with van der Waals surface area (Å²) < 4.78 is 1.98. The third-order valence-corrected chi connectivity index (χ3v) is 4.69. The second kappa shape index (κ2) is 6.20. The van der Waals surface area contributed by atoms with E-state index in [0.717, 1.165) is 22.9 Å². The molecule has 1 aromatic heterocycles. The van der Waals surface area contributed by atoms with Crippen molar-refractivity contribution in [1.29, 1.82) is 0 Å². The first kappa shape index (κ1) is 16.4. The number of amides is 2. The predicted molar refractivity (Wildman–Crippen MR) is 98.2 cm³/mol. The fourth-order valence-corrected chi connectivity index (χ4v) is 3.25. The molecule has 1 aliphatic rings. The van der Waals surface area contributed by atoms with Crippen molar-refractivity contribution >= 4 is 46.1 Å². The van der Waals surface area contributed by atoms with E-state index in [-0.39, 0.29) is 22.6 Å². The van der Waals surface area contributed by atoms with Crippen LogP contribution in [0.2, 0.25) is 0 Å². The highest BCUT2D eigenvalue weighted by atomic mass is 32.1. The normalized spacial score (nSPS) is 18.4. The van der Waals surface area contributed by atoms with Gasteiger partial charge in [0.15, 0.2) is 5.11 Å². The summed E-state index contributed by atoms with van der Waals surface area (Å²) in [5.41, 5.74) is 1.99. The molecule has 1 atom stereocenters. The van der Waals surface area contributed by atoms with Crippen molar-refractivity contribution in [1.82, 2.24) is 14.8 Å². The molecule has 0 bridgehead atoms. The zero-order valence-corrected chi connectivity index (χ0v) is 14.7. The van der Waals surface area contributed by atoms with Crippen LogP contribution in [0.15, 0.2) is 36.0 Å². The topological polar surface area (TPSA) is 54.3 Å². The minimum atomic E-state index is -0.447. The van der Waals surface area contributed by atoms with Gasteiger partial charge in [-0.1, -0.05) is 25.1 Å². The minimum absolute atomic E-state index is 0.0680. The van der Waals surface area contributed by atoms with Crippen LogP contribution < -0.4 is 5.32 Å². The number of carbonyl (C=O) groups is 2. The highest BCUT2D eigenvalue weighted by molar-refractivity contribution is 7.80. The van der Waals surface area contributed by atoms with E-state index in [4.69, 9.17) is 12.2 Å². The number of rotatable bonds is 3. The molecule has 1 fully saturated rings. The lowest BCUT2D eigenvalue weighted by Crippen LogP contribution is -2.56. The van der Waals surface area contributed by atoms with Gasteiger partial charge in [0, 0.05) is 35.8 Å². The Morgan fingerprint density at radius 3 is 2.71 bits per heavy atom. The fourth-order valence-electron chi connectivity index (χ4n) is 2.90. The van der Waals surface area contributed by atoms with E-state index in [9.17, 15) is 9.59 Å². The average Bonchev–Trinajstić information content (AvgIpc) is 2.87. The van der Waals surface area contributed by atoms with Crippen LogP contribution in [-0.2, 0) is 16.6 Å². The summed E-state index contributed by atoms with van der Waals surface area (Å²) in [6.07, 6.45) is 4.32. The van der Waals surface area contributed by atoms with Gasteiger partial charge in [-0.2, -0.15) is 0 Å². The molecule has 5 nitrogen and oxygen atoms in total. The van der Waals surface area contributed by atoms with Crippen molar-refractivity contribution in [3.05, 3.63) is 41.6 Å². The summed E-state index contributed by atoms with van der Waals surface area (Å²) in [5.74, 6) is -0.788. The van der Waals surface area contributed by atoms with Crippen LogP contribution in [0.3, 0.4) is 0 Å². The fraction of sp³-hybridized carbons (Fsp3) is 0.278. The standard InChI is InChI=1S/C18H19N3O2S/c1-4-11(2)21-17(23)14(16(22)19-18(21)24)9-12-10-20(3)15-8-6-5-7-13(12)15/h5-11H,4H2,1-3H3,(H,19,22,24)/b14-9+/t11-/m0/s1. The Kier molecular flexibility index (Phi) is 4.24. The molecular weight excluding hydrogens is 322 g/mol. The van der Waals surface area contributed by atoms with Gasteiger partial charge in [-0.3, -0.25) is 19.8 Å². The number of nitrogens with one attached hydrogen (secondary N) is 1. The maximum absolute atomic E-state index is 12.8. The predicted octanol–water partition coefficient (Wildman–Crippen LogP) is 2.60. The highest BCUT2D eigenvalue weighted by Gasteiger charge is 2.35. The largest absolute Gasteiger partial charge is 0.350 e. The SMILES string of the molecule is CC[C@H](C)N1C(=O)/C(=C/c2cn(C)c3ccccc23)C(=O)NC1=S. The van der Waals surface area contributed by atoms with Gasteiger partial charge in [-0.25, -0.2) is 0 Å². The summed E-state index contributed by atoms with van der Waals surface area (Å²) in [4.78, 5) is 26.6. The molecule has 24 heavy (non-hydrogen) atoms. The van der Waals surface area contributed by atoms with E-state index in [2.05, 4.69) is 5.32 Å². The maximum atomic E-state index is 12.8. The quantitative estimate of drug-likeness (QED) is 0.530. The van der Waals surface area contributed by atoms with Crippen molar-refractivity contribution in [3.63, 3.8) is 0 Å². The summed E-state index contributed by atoms with van der Waals surface area (Å²) in [7, 11) is 1.94. The molecule has 124 valence electrons. The molecule has 1 aliphatic heterocycles. The number of nitrogens with zero attached hydrogens (tertiary/aromatic N) is 2. The zero-order valence-electron chi connectivity index (χ0n) is 13.9. The van der Waals surface area contributed by atoms with Crippen molar-refractivity contribution in [2.24, 2.45) is 7.05 Å². The Labute approximate surface area is 145 Å². The molecule has 6 heteroatoms. The molecule has 2 amide bonds. The summed E-state index contributed by atoms with van der Waals surface area (Å²) in [6.45, 7) is 3.89. The molecular formula is C18H19N3O2S. The van der Waals surface area contributed by atoms with E-state index in [1.165, 1.54) is 4.90 Å². The number of carbonyl (C=O) groups excluding carboxylic acids is 2. The van der Waals surface area contributed by atoms with E-state index >= 15 is 0 Å². The lowest BCUT2D eigenvalue weighted by Gasteiger charge is -2.33. The summed E-state index contributed by atoms with van der Waals surface area (Å²) >= 11 is 5.16. The maximum Gasteiger partial charge on any atom is 0.265 e. The molecule has 0 saturated carbocycles. The van der Waals surface area contributed by atoms with Gasteiger partial charge in [0.25, 0.3) is 11.8 Å². The number of benzene rings is 1. The first-order chi connectivity index (χ1) is 11.4. The van der Waals surface area contributed by atoms with Gasteiger partial charge in [0.05, 0.1) is 0 Å². The molecule has 1 saturated heterocycles. The number of hydrogen-bond acceptors (Lipinski definition) is 3. The van der Waals surface area contributed by atoms with Crippen LogP contribution in [0.1, 0.15) is 25.8 Å². The number of thiocarbonyl (C=S) groups is 1. The second-order valence-corrected chi connectivity index (χ2v) is 6.35. The van der Waals surface area contributed by atoms with Crippen LogP contribution in [-0.4, -0.2) is 32.4 Å². The third-order valence-electron chi connectivity index (χ3n) is 4.39. The number of fused-ring (bicyclic) bond motifs is 1. The van der Waals surface area contributed by atoms with Crippen molar-refractivity contribution in [3.8, 4) is 0 Å². The molecule has 0 aliphatic carbocycles. The number of para-hydroxylation sites is 1. The van der Waals surface area contributed by atoms with Crippen LogP contribution >= 0.6 is 12.2 Å². The van der Waals surface area contributed by atoms with E-state index < -0.39 is 5.91 Å².